The van der Waals surface area contributed by atoms with Gasteiger partial charge in [-0.1, -0.05) is 23.2 Å². The number of piperidine rings is 1. The molecule has 0 aliphatic carbocycles. The Balaban J connectivity index is 1.64. The molecule has 1 fully saturated rings. The smallest absolute Gasteiger partial charge is 0.268 e. The minimum atomic E-state index is -3.49. The fourth-order valence-electron chi connectivity index (χ4n) is 3.11. The number of hydrogen-bond donors (Lipinski definition) is 0. The maximum Gasteiger partial charge on any atom is 0.268 e. The first-order valence-corrected chi connectivity index (χ1v) is 11.3. The van der Waals surface area contributed by atoms with E-state index in [1.807, 2.05) is 19.1 Å². The van der Waals surface area contributed by atoms with Crippen molar-refractivity contribution in [3.8, 4) is 22.2 Å². The number of sulfonamides is 1. The monoisotopic (exact) mass is 423 g/mol. The standard InChI is InChI=1S/C18H18ClN3O3S2/c1-12-16(27(23,24)22-9-3-2-4-10-22)11-15(26-12)18-20-17(21-25-18)13-5-7-14(19)8-6-13/h5-8,11H,2-4,9-10H2,1H3. The van der Waals surface area contributed by atoms with Gasteiger partial charge in [-0.3, -0.25) is 0 Å². The summed E-state index contributed by atoms with van der Waals surface area (Å²) in [6.45, 7) is 2.96. The Morgan fingerprint density at radius 3 is 2.56 bits per heavy atom. The molecule has 1 aromatic carbocycles. The van der Waals surface area contributed by atoms with Gasteiger partial charge in [0.25, 0.3) is 5.89 Å². The van der Waals surface area contributed by atoms with Crippen molar-refractivity contribution in [1.29, 1.82) is 0 Å². The lowest BCUT2D eigenvalue weighted by Gasteiger charge is -2.25. The number of aryl methyl sites for hydroxylation is 1. The summed E-state index contributed by atoms with van der Waals surface area (Å²) < 4.78 is 32.9. The van der Waals surface area contributed by atoms with E-state index in [0.717, 1.165) is 29.7 Å². The molecule has 0 bridgehead atoms. The Morgan fingerprint density at radius 1 is 1.15 bits per heavy atom. The van der Waals surface area contributed by atoms with E-state index < -0.39 is 10.0 Å². The Morgan fingerprint density at radius 2 is 1.85 bits per heavy atom. The zero-order valence-electron chi connectivity index (χ0n) is 14.7. The molecule has 9 heteroatoms. The number of benzene rings is 1. The summed E-state index contributed by atoms with van der Waals surface area (Å²) in [5, 5.41) is 4.63. The maximum atomic E-state index is 13.0. The molecule has 1 aliphatic heterocycles. The van der Waals surface area contributed by atoms with E-state index in [2.05, 4.69) is 10.1 Å². The minimum absolute atomic E-state index is 0.313. The van der Waals surface area contributed by atoms with Crippen LogP contribution in [0.25, 0.3) is 22.2 Å². The van der Waals surface area contributed by atoms with Gasteiger partial charge in [0.1, 0.15) is 0 Å². The predicted molar refractivity (Wildman–Crippen MR) is 105 cm³/mol. The summed E-state index contributed by atoms with van der Waals surface area (Å²) in [6, 6.07) is 8.77. The van der Waals surface area contributed by atoms with E-state index in [0.29, 0.717) is 39.6 Å². The normalized spacial score (nSPS) is 15.9. The van der Waals surface area contributed by atoms with Crippen LogP contribution in [0.2, 0.25) is 5.02 Å². The van der Waals surface area contributed by atoms with Gasteiger partial charge in [-0.15, -0.1) is 11.3 Å². The highest BCUT2D eigenvalue weighted by molar-refractivity contribution is 7.89. The van der Waals surface area contributed by atoms with Gasteiger partial charge < -0.3 is 4.52 Å². The Labute approximate surface area is 166 Å². The summed E-state index contributed by atoms with van der Waals surface area (Å²) in [7, 11) is -3.49. The molecule has 1 saturated heterocycles. The molecule has 3 aromatic rings. The molecule has 0 atom stereocenters. The minimum Gasteiger partial charge on any atom is -0.333 e. The van der Waals surface area contributed by atoms with Gasteiger partial charge in [-0.25, -0.2) is 8.42 Å². The molecule has 2 aromatic heterocycles. The highest BCUT2D eigenvalue weighted by Crippen LogP contribution is 2.35. The van der Waals surface area contributed by atoms with Crippen LogP contribution in [0.5, 0.6) is 0 Å². The predicted octanol–water partition coefficient (Wildman–Crippen LogP) is 4.60. The zero-order valence-corrected chi connectivity index (χ0v) is 17.1. The van der Waals surface area contributed by atoms with Crippen molar-refractivity contribution in [2.75, 3.05) is 13.1 Å². The van der Waals surface area contributed by atoms with Crippen LogP contribution in [0.4, 0.5) is 0 Å². The SMILES string of the molecule is Cc1sc(-c2nc(-c3ccc(Cl)cc3)no2)cc1S(=O)(=O)N1CCCCC1. The molecule has 3 heterocycles. The van der Waals surface area contributed by atoms with Gasteiger partial charge in [0.2, 0.25) is 15.8 Å². The van der Waals surface area contributed by atoms with Crippen LogP contribution >= 0.6 is 22.9 Å². The molecule has 27 heavy (non-hydrogen) atoms. The third-order valence-electron chi connectivity index (χ3n) is 4.54. The van der Waals surface area contributed by atoms with Crippen LogP contribution in [0.1, 0.15) is 24.1 Å². The molecule has 0 amide bonds. The van der Waals surface area contributed by atoms with Crippen LogP contribution in [-0.4, -0.2) is 36.0 Å². The molecule has 142 valence electrons. The number of halogens is 1. The molecule has 1 aliphatic rings. The Bertz CT molecular complexity index is 1050. The second-order valence-electron chi connectivity index (χ2n) is 6.43. The van der Waals surface area contributed by atoms with Crippen LogP contribution < -0.4 is 0 Å². The highest BCUT2D eigenvalue weighted by Gasteiger charge is 2.29. The van der Waals surface area contributed by atoms with Crippen molar-refractivity contribution in [1.82, 2.24) is 14.4 Å². The Hall–Kier alpha value is -1.74. The third kappa shape index (κ3) is 3.67. The van der Waals surface area contributed by atoms with E-state index in [4.69, 9.17) is 16.1 Å². The lowest BCUT2D eigenvalue weighted by Crippen LogP contribution is -2.35. The van der Waals surface area contributed by atoms with E-state index in [1.54, 1.807) is 22.5 Å². The number of rotatable bonds is 4. The first-order valence-electron chi connectivity index (χ1n) is 8.66. The van der Waals surface area contributed by atoms with Gasteiger partial charge >= 0.3 is 0 Å². The van der Waals surface area contributed by atoms with Crippen molar-refractivity contribution >= 4 is 33.0 Å². The highest BCUT2D eigenvalue weighted by atomic mass is 35.5. The van der Waals surface area contributed by atoms with Crippen LogP contribution in [0.3, 0.4) is 0 Å². The molecule has 0 N–H and O–H groups in total. The second kappa shape index (κ2) is 7.35. The topological polar surface area (TPSA) is 76.3 Å². The number of thiophene rings is 1. The summed E-state index contributed by atoms with van der Waals surface area (Å²) in [5.41, 5.74) is 0.781. The van der Waals surface area contributed by atoms with Gasteiger partial charge in [0.05, 0.1) is 9.77 Å². The average molecular weight is 424 g/mol. The fraction of sp³-hybridized carbons (Fsp3) is 0.333. The lowest BCUT2D eigenvalue weighted by atomic mass is 10.2. The van der Waals surface area contributed by atoms with Gasteiger partial charge in [-0.05, 0) is 50.1 Å². The van der Waals surface area contributed by atoms with E-state index in [1.165, 1.54) is 11.3 Å². The molecule has 0 unspecified atom stereocenters. The summed E-state index contributed by atoms with van der Waals surface area (Å²) >= 11 is 7.25. The Kier molecular flexibility index (Phi) is 5.07. The first kappa shape index (κ1) is 18.6. The molecule has 4 rings (SSSR count). The van der Waals surface area contributed by atoms with Crippen molar-refractivity contribution in [2.24, 2.45) is 0 Å². The quantitative estimate of drug-likeness (QED) is 0.612. The molecule has 0 spiro atoms. The van der Waals surface area contributed by atoms with Crippen LogP contribution in [-0.2, 0) is 10.0 Å². The number of nitrogens with zero attached hydrogens (tertiary/aromatic N) is 3. The molecule has 6 nitrogen and oxygen atoms in total. The van der Waals surface area contributed by atoms with Crippen molar-refractivity contribution < 1.29 is 12.9 Å². The second-order valence-corrected chi connectivity index (χ2v) is 10.0. The molecule has 0 radical (unpaired) electrons. The largest absolute Gasteiger partial charge is 0.333 e. The van der Waals surface area contributed by atoms with Gasteiger partial charge in [0, 0.05) is 28.6 Å². The summed E-state index contributed by atoms with van der Waals surface area (Å²) in [5.74, 6) is 0.751. The lowest BCUT2D eigenvalue weighted by molar-refractivity contribution is 0.346. The van der Waals surface area contributed by atoms with Crippen LogP contribution in [0, 0.1) is 6.92 Å². The first-order chi connectivity index (χ1) is 12.9. The summed E-state index contributed by atoms with van der Waals surface area (Å²) in [4.78, 5) is 6.11. The maximum absolute atomic E-state index is 13.0. The van der Waals surface area contributed by atoms with Gasteiger partial charge in [0.15, 0.2) is 0 Å². The van der Waals surface area contributed by atoms with E-state index in [9.17, 15) is 8.42 Å². The average Bonchev–Trinajstić information content (AvgIpc) is 3.30. The zero-order chi connectivity index (χ0) is 19.0. The molecule has 0 saturated carbocycles. The van der Waals surface area contributed by atoms with E-state index in [-0.39, 0.29) is 0 Å². The van der Waals surface area contributed by atoms with E-state index >= 15 is 0 Å². The van der Waals surface area contributed by atoms with Crippen molar-refractivity contribution in [3.63, 3.8) is 0 Å². The number of hydrogen-bond acceptors (Lipinski definition) is 6. The number of aromatic nitrogens is 2. The van der Waals surface area contributed by atoms with Gasteiger partial charge in [-0.2, -0.15) is 9.29 Å². The third-order valence-corrected chi connectivity index (χ3v) is 7.99. The van der Waals surface area contributed by atoms with Crippen LogP contribution in [0.15, 0.2) is 39.8 Å². The van der Waals surface area contributed by atoms with Crippen molar-refractivity contribution in [3.05, 3.63) is 40.2 Å². The van der Waals surface area contributed by atoms with Crippen molar-refractivity contribution in [2.45, 2.75) is 31.1 Å². The molecular formula is C18H18ClN3O3S2. The summed E-state index contributed by atoms with van der Waals surface area (Å²) in [6.07, 6.45) is 2.89. The molecular weight excluding hydrogens is 406 g/mol. The fourth-order valence-corrected chi connectivity index (χ4v) is 6.24.